The van der Waals surface area contributed by atoms with Crippen LogP contribution in [0.15, 0.2) is 0 Å². The SMILES string of the molecule is CCOC1CC(O)C12CCN(CC(=O)N1C(C)CCCC1C)CC2. The van der Waals surface area contributed by atoms with Gasteiger partial charge in [0.2, 0.25) is 5.91 Å². The van der Waals surface area contributed by atoms with Crippen LogP contribution in [-0.4, -0.2) is 71.3 Å². The van der Waals surface area contributed by atoms with Crippen molar-refractivity contribution < 1.29 is 14.6 Å². The molecule has 0 aromatic heterocycles. The molecule has 0 radical (unpaired) electrons. The zero-order chi connectivity index (χ0) is 17.3. The Bertz CT molecular complexity index is 436. The Balaban J connectivity index is 1.53. The Hall–Kier alpha value is -0.650. The van der Waals surface area contributed by atoms with Crippen LogP contribution in [0.1, 0.15) is 59.3 Å². The van der Waals surface area contributed by atoms with E-state index in [0.717, 1.165) is 45.2 Å². The number of hydrogen-bond donors (Lipinski definition) is 1. The first kappa shape index (κ1) is 18.2. The maximum absolute atomic E-state index is 12.8. The molecule has 2 heterocycles. The third-order valence-corrected chi connectivity index (χ3v) is 6.74. The van der Waals surface area contributed by atoms with Crippen LogP contribution in [0.5, 0.6) is 0 Å². The molecule has 24 heavy (non-hydrogen) atoms. The second-order valence-corrected chi connectivity index (χ2v) is 8.13. The van der Waals surface area contributed by atoms with E-state index in [2.05, 4.69) is 23.6 Å². The number of hydrogen-bond acceptors (Lipinski definition) is 4. The number of carbonyl (C=O) groups is 1. The molecule has 1 N–H and O–H groups in total. The minimum atomic E-state index is -0.228. The van der Waals surface area contributed by atoms with Gasteiger partial charge in [-0.2, -0.15) is 0 Å². The number of amides is 1. The average molecular weight is 338 g/mol. The van der Waals surface area contributed by atoms with Crippen molar-refractivity contribution in [3.8, 4) is 0 Å². The normalized spacial score (nSPS) is 36.6. The maximum Gasteiger partial charge on any atom is 0.237 e. The van der Waals surface area contributed by atoms with Gasteiger partial charge >= 0.3 is 0 Å². The summed E-state index contributed by atoms with van der Waals surface area (Å²) in [6.07, 6.45) is 6.12. The molecule has 0 aromatic rings. The van der Waals surface area contributed by atoms with Gasteiger partial charge < -0.3 is 14.7 Å². The van der Waals surface area contributed by atoms with Crippen LogP contribution in [0.3, 0.4) is 0 Å². The predicted octanol–water partition coefficient (Wildman–Crippen LogP) is 2.03. The summed E-state index contributed by atoms with van der Waals surface area (Å²) >= 11 is 0. The van der Waals surface area contributed by atoms with Gasteiger partial charge in [0.15, 0.2) is 0 Å². The van der Waals surface area contributed by atoms with E-state index in [1.54, 1.807) is 0 Å². The van der Waals surface area contributed by atoms with Gasteiger partial charge in [0.1, 0.15) is 0 Å². The van der Waals surface area contributed by atoms with Crippen LogP contribution < -0.4 is 0 Å². The van der Waals surface area contributed by atoms with E-state index in [1.807, 2.05) is 6.92 Å². The number of carbonyl (C=O) groups excluding carboxylic acids is 1. The van der Waals surface area contributed by atoms with Gasteiger partial charge in [0.05, 0.1) is 18.8 Å². The summed E-state index contributed by atoms with van der Waals surface area (Å²) in [6, 6.07) is 0.737. The van der Waals surface area contributed by atoms with Gasteiger partial charge in [0, 0.05) is 30.5 Å². The number of aliphatic hydroxyl groups excluding tert-OH is 1. The number of rotatable bonds is 4. The molecule has 1 aliphatic carbocycles. The predicted molar refractivity (Wildman–Crippen MR) is 93.8 cm³/mol. The van der Waals surface area contributed by atoms with E-state index >= 15 is 0 Å². The molecular weight excluding hydrogens is 304 g/mol. The van der Waals surface area contributed by atoms with Gasteiger partial charge in [0.25, 0.3) is 0 Å². The van der Waals surface area contributed by atoms with Gasteiger partial charge in [-0.25, -0.2) is 0 Å². The quantitative estimate of drug-likeness (QED) is 0.852. The zero-order valence-electron chi connectivity index (χ0n) is 15.5. The van der Waals surface area contributed by atoms with Gasteiger partial charge in [-0.3, -0.25) is 9.69 Å². The van der Waals surface area contributed by atoms with Crippen LogP contribution in [0.2, 0.25) is 0 Å². The summed E-state index contributed by atoms with van der Waals surface area (Å²) < 4.78 is 5.83. The van der Waals surface area contributed by atoms with E-state index in [-0.39, 0.29) is 23.5 Å². The van der Waals surface area contributed by atoms with Crippen molar-refractivity contribution in [2.75, 3.05) is 26.2 Å². The lowest BCUT2D eigenvalue weighted by Crippen LogP contribution is -2.63. The van der Waals surface area contributed by atoms with E-state index in [0.29, 0.717) is 25.2 Å². The van der Waals surface area contributed by atoms with Crippen LogP contribution in [0, 0.1) is 5.41 Å². The first-order valence-corrected chi connectivity index (χ1v) is 9.81. The first-order chi connectivity index (χ1) is 11.5. The number of piperidine rings is 2. The molecule has 4 atom stereocenters. The Kier molecular flexibility index (Phi) is 5.52. The molecule has 1 amide bonds. The molecule has 3 aliphatic rings. The van der Waals surface area contributed by atoms with E-state index in [9.17, 15) is 9.90 Å². The van der Waals surface area contributed by atoms with Crippen LogP contribution in [0.4, 0.5) is 0 Å². The molecule has 0 aromatic carbocycles. The lowest BCUT2D eigenvalue weighted by Gasteiger charge is -2.56. The zero-order valence-corrected chi connectivity index (χ0v) is 15.5. The van der Waals surface area contributed by atoms with Crippen molar-refractivity contribution in [2.24, 2.45) is 5.41 Å². The van der Waals surface area contributed by atoms with Crippen molar-refractivity contribution in [1.82, 2.24) is 9.80 Å². The highest BCUT2D eigenvalue weighted by Gasteiger charge is 2.56. The fourth-order valence-corrected chi connectivity index (χ4v) is 5.13. The maximum atomic E-state index is 12.8. The first-order valence-electron chi connectivity index (χ1n) is 9.81. The Morgan fingerprint density at radius 1 is 1.21 bits per heavy atom. The van der Waals surface area contributed by atoms with E-state index in [4.69, 9.17) is 4.74 Å². The van der Waals surface area contributed by atoms with Crippen molar-refractivity contribution in [3.05, 3.63) is 0 Å². The highest BCUT2D eigenvalue weighted by molar-refractivity contribution is 5.79. The molecule has 4 unspecified atom stereocenters. The standard InChI is InChI=1S/C19H34N2O3/c1-4-24-17-12-16(22)19(17)8-10-20(11-9-19)13-18(23)21-14(2)6-5-7-15(21)3/h14-17,22H,4-13H2,1-3H3. The molecule has 5 heteroatoms. The van der Waals surface area contributed by atoms with Gasteiger partial charge in [-0.1, -0.05) is 0 Å². The molecular formula is C19H34N2O3. The highest BCUT2D eigenvalue weighted by Crippen LogP contribution is 2.50. The Morgan fingerprint density at radius 3 is 2.38 bits per heavy atom. The fraction of sp³-hybridized carbons (Fsp3) is 0.947. The average Bonchev–Trinajstić information content (AvgIpc) is 2.55. The number of ether oxygens (including phenoxy) is 1. The third-order valence-electron chi connectivity index (χ3n) is 6.74. The summed E-state index contributed by atoms with van der Waals surface area (Å²) in [5.74, 6) is 0.279. The van der Waals surface area contributed by atoms with Crippen LogP contribution in [-0.2, 0) is 9.53 Å². The smallest absolute Gasteiger partial charge is 0.237 e. The highest BCUT2D eigenvalue weighted by atomic mass is 16.5. The van der Waals surface area contributed by atoms with Crippen LogP contribution in [0.25, 0.3) is 0 Å². The Morgan fingerprint density at radius 2 is 1.83 bits per heavy atom. The molecule has 0 bridgehead atoms. The fourth-order valence-electron chi connectivity index (χ4n) is 5.13. The molecule has 5 nitrogen and oxygen atoms in total. The van der Waals surface area contributed by atoms with Gasteiger partial charge in [-0.15, -0.1) is 0 Å². The van der Waals surface area contributed by atoms with Gasteiger partial charge in [-0.05, 0) is 66.0 Å². The van der Waals surface area contributed by atoms with Crippen molar-refractivity contribution in [3.63, 3.8) is 0 Å². The molecule has 138 valence electrons. The second-order valence-electron chi connectivity index (χ2n) is 8.13. The monoisotopic (exact) mass is 338 g/mol. The van der Waals surface area contributed by atoms with Crippen molar-refractivity contribution in [1.29, 1.82) is 0 Å². The molecule has 2 saturated heterocycles. The molecule has 2 aliphatic heterocycles. The lowest BCUT2D eigenvalue weighted by atomic mass is 9.58. The molecule has 1 saturated carbocycles. The number of likely N-dealkylation sites (tertiary alicyclic amines) is 2. The summed E-state index contributed by atoms with van der Waals surface area (Å²) in [6.45, 7) is 9.40. The topological polar surface area (TPSA) is 53.0 Å². The van der Waals surface area contributed by atoms with Crippen molar-refractivity contribution >= 4 is 5.91 Å². The summed E-state index contributed by atoms with van der Waals surface area (Å²) in [4.78, 5) is 17.2. The number of nitrogens with zero attached hydrogens (tertiary/aromatic N) is 2. The summed E-state index contributed by atoms with van der Waals surface area (Å²) in [5.41, 5.74) is -0.0543. The minimum absolute atomic E-state index is 0.0543. The molecule has 1 spiro atoms. The Labute approximate surface area is 146 Å². The van der Waals surface area contributed by atoms with E-state index < -0.39 is 0 Å². The van der Waals surface area contributed by atoms with Crippen molar-refractivity contribution in [2.45, 2.75) is 83.6 Å². The lowest BCUT2D eigenvalue weighted by molar-refractivity contribution is -0.209. The summed E-state index contributed by atoms with van der Waals surface area (Å²) in [7, 11) is 0. The minimum Gasteiger partial charge on any atom is -0.392 e. The summed E-state index contributed by atoms with van der Waals surface area (Å²) in [5, 5.41) is 10.3. The molecule has 3 rings (SSSR count). The largest absolute Gasteiger partial charge is 0.392 e. The third kappa shape index (κ3) is 3.23. The van der Waals surface area contributed by atoms with E-state index in [1.165, 1.54) is 6.42 Å². The number of aliphatic hydroxyl groups is 1. The van der Waals surface area contributed by atoms with Crippen LogP contribution >= 0.6 is 0 Å². The second kappa shape index (κ2) is 7.30. The molecule has 3 fully saturated rings.